The highest BCUT2D eigenvalue weighted by Gasteiger charge is 2.47. The standard InChI is InChI=1S/C20H17FO5/c21-15-5-3-14(4-6-15)20(8-1-9-20)19(23)24-11-16(22)13-2-7-17-18(10-13)26-12-25-17/h2-7,10H,1,8-9,11-12H2. The van der Waals surface area contributed by atoms with E-state index in [1.54, 1.807) is 30.3 Å². The molecule has 2 aromatic carbocycles. The van der Waals surface area contributed by atoms with Crippen molar-refractivity contribution in [3.8, 4) is 11.5 Å². The third-order valence-corrected chi connectivity index (χ3v) is 5.02. The van der Waals surface area contributed by atoms with Crippen molar-refractivity contribution in [1.29, 1.82) is 0 Å². The van der Waals surface area contributed by atoms with Gasteiger partial charge in [0.25, 0.3) is 0 Å². The van der Waals surface area contributed by atoms with E-state index in [1.807, 2.05) is 0 Å². The van der Waals surface area contributed by atoms with Gasteiger partial charge in [0.1, 0.15) is 5.82 Å². The Bertz CT molecular complexity index is 855. The third-order valence-electron chi connectivity index (χ3n) is 5.02. The van der Waals surface area contributed by atoms with Crippen molar-refractivity contribution < 1.29 is 28.2 Å². The maximum Gasteiger partial charge on any atom is 0.317 e. The van der Waals surface area contributed by atoms with Gasteiger partial charge in [0.15, 0.2) is 23.9 Å². The summed E-state index contributed by atoms with van der Waals surface area (Å²) in [5, 5.41) is 0. The van der Waals surface area contributed by atoms with Gasteiger partial charge in [-0.15, -0.1) is 0 Å². The number of ether oxygens (including phenoxy) is 3. The summed E-state index contributed by atoms with van der Waals surface area (Å²) in [5.41, 5.74) is 0.347. The Balaban J connectivity index is 1.44. The average Bonchev–Trinajstić information content (AvgIpc) is 3.08. The summed E-state index contributed by atoms with van der Waals surface area (Å²) in [5.74, 6) is -0.0171. The zero-order valence-corrected chi connectivity index (χ0v) is 14.0. The number of Topliss-reactive ketones (excluding diaryl/α,β-unsaturated/α-hetero) is 1. The van der Waals surface area contributed by atoms with Crippen LogP contribution in [0.1, 0.15) is 35.2 Å². The second-order valence-electron chi connectivity index (χ2n) is 6.51. The summed E-state index contributed by atoms with van der Waals surface area (Å²) in [4.78, 5) is 25.0. The van der Waals surface area contributed by atoms with Crippen molar-refractivity contribution in [2.45, 2.75) is 24.7 Å². The maximum absolute atomic E-state index is 13.2. The summed E-state index contributed by atoms with van der Waals surface area (Å²) in [7, 11) is 0. The van der Waals surface area contributed by atoms with E-state index in [1.165, 1.54) is 12.1 Å². The summed E-state index contributed by atoms with van der Waals surface area (Å²) in [6, 6.07) is 10.7. The summed E-state index contributed by atoms with van der Waals surface area (Å²) in [6.07, 6.45) is 2.16. The van der Waals surface area contributed by atoms with Crippen molar-refractivity contribution in [2.24, 2.45) is 0 Å². The van der Waals surface area contributed by atoms with Crippen molar-refractivity contribution in [2.75, 3.05) is 13.4 Å². The predicted molar refractivity (Wildman–Crippen MR) is 89.8 cm³/mol. The Labute approximate surface area is 149 Å². The molecule has 0 spiro atoms. The quantitative estimate of drug-likeness (QED) is 0.607. The van der Waals surface area contributed by atoms with Gasteiger partial charge in [-0.05, 0) is 48.7 Å². The van der Waals surface area contributed by atoms with Crippen molar-refractivity contribution >= 4 is 11.8 Å². The van der Waals surface area contributed by atoms with E-state index >= 15 is 0 Å². The largest absolute Gasteiger partial charge is 0.457 e. The van der Waals surface area contributed by atoms with Gasteiger partial charge in [0, 0.05) is 5.56 Å². The molecule has 1 fully saturated rings. The molecule has 134 valence electrons. The van der Waals surface area contributed by atoms with Gasteiger partial charge in [-0.3, -0.25) is 9.59 Å². The second kappa shape index (κ2) is 6.44. The molecule has 0 bridgehead atoms. The lowest BCUT2D eigenvalue weighted by molar-refractivity contribution is -0.153. The fourth-order valence-electron chi connectivity index (χ4n) is 3.33. The first-order chi connectivity index (χ1) is 12.6. The van der Waals surface area contributed by atoms with E-state index in [0.29, 0.717) is 29.9 Å². The molecule has 0 amide bonds. The number of carbonyl (C=O) groups is 2. The number of hydrogen-bond acceptors (Lipinski definition) is 5. The van der Waals surface area contributed by atoms with Crippen molar-refractivity contribution in [3.63, 3.8) is 0 Å². The number of rotatable bonds is 5. The van der Waals surface area contributed by atoms with Crippen LogP contribution < -0.4 is 9.47 Å². The Hall–Kier alpha value is -2.89. The lowest BCUT2D eigenvalue weighted by Gasteiger charge is -2.39. The molecule has 4 rings (SSSR count). The van der Waals surface area contributed by atoms with Gasteiger partial charge in [0.05, 0.1) is 5.41 Å². The summed E-state index contributed by atoms with van der Waals surface area (Å²) < 4.78 is 28.9. The minimum absolute atomic E-state index is 0.127. The van der Waals surface area contributed by atoms with Gasteiger partial charge >= 0.3 is 5.97 Å². The summed E-state index contributed by atoms with van der Waals surface area (Å²) >= 11 is 0. The highest BCUT2D eigenvalue weighted by atomic mass is 19.1. The second-order valence-corrected chi connectivity index (χ2v) is 6.51. The first kappa shape index (κ1) is 16.6. The molecule has 0 saturated heterocycles. The number of fused-ring (bicyclic) bond motifs is 1. The SMILES string of the molecule is O=C(COC(=O)C1(c2ccc(F)cc2)CCC1)c1ccc2c(c1)OCO2. The number of hydrogen-bond donors (Lipinski definition) is 0. The zero-order chi connectivity index (χ0) is 18.1. The molecule has 1 saturated carbocycles. The predicted octanol–water partition coefficient (Wildman–Crippen LogP) is 3.40. The number of ketones is 1. The number of esters is 1. The van der Waals surface area contributed by atoms with Gasteiger partial charge in [-0.25, -0.2) is 4.39 Å². The zero-order valence-electron chi connectivity index (χ0n) is 14.0. The molecule has 0 unspecified atom stereocenters. The molecule has 0 N–H and O–H groups in total. The van der Waals surface area contributed by atoms with Crippen LogP contribution in [0.3, 0.4) is 0 Å². The average molecular weight is 356 g/mol. The topological polar surface area (TPSA) is 61.8 Å². The molecule has 26 heavy (non-hydrogen) atoms. The number of benzene rings is 2. The van der Waals surface area contributed by atoms with Crippen molar-refractivity contribution in [1.82, 2.24) is 0 Å². The van der Waals surface area contributed by atoms with E-state index in [9.17, 15) is 14.0 Å². The van der Waals surface area contributed by atoms with Gasteiger partial charge < -0.3 is 14.2 Å². The highest BCUT2D eigenvalue weighted by Crippen LogP contribution is 2.44. The first-order valence-corrected chi connectivity index (χ1v) is 8.45. The van der Waals surface area contributed by atoms with Crippen LogP contribution in [0.25, 0.3) is 0 Å². The first-order valence-electron chi connectivity index (χ1n) is 8.45. The van der Waals surface area contributed by atoms with Crippen LogP contribution in [0, 0.1) is 5.82 Å². The van der Waals surface area contributed by atoms with Crippen LogP contribution in [-0.2, 0) is 14.9 Å². The molecule has 5 nitrogen and oxygen atoms in total. The van der Waals surface area contributed by atoms with Crippen molar-refractivity contribution in [3.05, 3.63) is 59.4 Å². The number of carbonyl (C=O) groups excluding carboxylic acids is 2. The van der Waals surface area contributed by atoms with Gasteiger partial charge in [-0.2, -0.15) is 0 Å². The monoisotopic (exact) mass is 356 g/mol. The van der Waals surface area contributed by atoms with E-state index in [2.05, 4.69) is 0 Å². The minimum atomic E-state index is -0.775. The van der Waals surface area contributed by atoms with Crippen LogP contribution in [0.4, 0.5) is 4.39 Å². The van der Waals surface area contributed by atoms with Gasteiger partial charge in [-0.1, -0.05) is 18.6 Å². The Kier molecular flexibility index (Phi) is 4.11. The highest BCUT2D eigenvalue weighted by molar-refractivity contribution is 5.99. The lowest BCUT2D eigenvalue weighted by Crippen LogP contribution is -2.44. The number of halogens is 1. The van der Waals surface area contributed by atoms with E-state index in [0.717, 1.165) is 12.0 Å². The molecule has 0 aromatic heterocycles. The molecule has 1 heterocycles. The maximum atomic E-state index is 13.2. The molecule has 1 aliphatic heterocycles. The Morgan fingerprint density at radius 3 is 2.46 bits per heavy atom. The Morgan fingerprint density at radius 2 is 1.77 bits per heavy atom. The molecular weight excluding hydrogens is 339 g/mol. The third kappa shape index (κ3) is 2.81. The normalized spacial score (nSPS) is 16.7. The Morgan fingerprint density at radius 1 is 1.04 bits per heavy atom. The minimum Gasteiger partial charge on any atom is -0.457 e. The molecule has 0 atom stereocenters. The summed E-state index contributed by atoms with van der Waals surface area (Å²) in [6.45, 7) is -0.219. The van der Waals surface area contributed by atoms with Crippen LogP contribution >= 0.6 is 0 Å². The van der Waals surface area contributed by atoms with E-state index in [-0.39, 0.29) is 25.0 Å². The smallest absolute Gasteiger partial charge is 0.317 e. The molecule has 2 aromatic rings. The van der Waals surface area contributed by atoms with Crippen LogP contribution in [0.2, 0.25) is 0 Å². The van der Waals surface area contributed by atoms with Crippen LogP contribution in [0.5, 0.6) is 11.5 Å². The lowest BCUT2D eigenvalue weighted by atomic mass is 9.64. The molecule has 0 radical (unpaired) electrons. The molecule has 1 aliphatic carbocycles. The van der Waals surface area contributed by atoms with Crippen LogP contribution in [0.15, 0.2) is 42.5 Å². The van der Waals surface area contributed by atoms with Crippen LogP contribution in [-0.4, -0.2) is 25.2 Å². The van der Waals surface area contributed by atoms with Gasteiger partial charge in [0.2, 0.25) is 6.79 Å². The van der Waals surface area contributed by atoms with E-state index in [4.69, 9.17) is 14.2 Å². The molecule has 2 aliphatic rings. The molecular formula is C20H17FO5. The molecule has 6 heteroatoms. The van der Waals surface area contributed by atoms with E-state index < -0.39 is 11.4 Å². The fourth-order valence-corrected chi connectivity index (χ4v) is 3.33. The fraction of sp³-hybridized carbons (Fsp3) is 0.300.